The zero-order chi connectivity index (χ0) is 16.1. The molecule has 0 aliphatic carbocycles. The van der Waals surface area contributed by atoms with Crippen LogP contribution in [0.25, 0.3) is 0 Å². The van der Waals surface area contributed by atoms with Gasteiger partial charge in [-0.2, -0.15) is 0 Å². The van der Waals surface area contributed by atoms with Gasteiger partial charge in [0.15, 0.2) is 0 Å². The van der Waals surface area contributed by atoms with Gasteiger partial charge >= 0.3 is 0 Å². The molecule has 23 heavy (non-hydrogen) atoms. The van der Waals surface area contributed by atoms with Crippen LogP contribution in [0.1, 0.15) is 22.7 Å². The SMILES string of the molecule is Fc1ccc(Br)cc1C=NC(c1ccccc1)c1ccccc1. The zero-order valence-corrected chi connectivity index (χ0v) is 13.9. The van der Waals surface area contributed by atoms with Crippen molar-refractivity contribution < 1.29 is 4.39 Å². The molecule has 0 aliphatic rings. The summed E-state index contributed by atoms with van der Waals surface area (Å²) in [7, 11) is 0. The lowest BCUT2D eigenvalue weighted by atomic mass is 9.99. The fourth-order valence-corrected chi connectivity index (χ4v) is 2.78. The van der Waals surface area contributed by atoms with Crippen LogP contribution in [-0.4, -0.2) is 6.21 Å². The minimum absolute atomic E-state index is 0.157. The Balaban J connectivity index is 1.99. The highest BCUT2D eigenvalue weighted by Gasteiger charge is 2.11. The normalized spacial score (nSPS) is 11.3. The summed E-state index contributed by atoms with van der Waals surface area (Å²) in [6.07, 6.45) is 1.60. The minimum atomic E-state index is -0.281. The second kappa shape index (κ2) is 7.34. The highest BCUT2D eigenvalue weighted by atomic mass is 79.9. The second-order valence-electron chi connectivity index (χ2n) is 5.17. The number of hydrogen-bond donors (Lipinski definition) is 0. The fraction of sp³-hybridized carbons (Fsp3) is 0.0500. The molecule has 3 heteroatoms. The maximum Gasteiger partial charge on any atom is 0.132 e. The Morgan fingerprint density at radius 2 is 1.39 bits per heavy atom. The summed E-state index contributed by atoms with van der Waals surface area (Å²) in [6.45, 7) is 0. The van der Waals surface area contributed by atoms with Crippen molar-refractivity contribution in [1.29, 1.82) is 0 Å². The molecule has 0 heterocycles. The van der Waals surface area contributed by atoms with Crippen molar-refractivity contribution in [2.24, 2.45) is 4.99 Å². The van der Waals surface area contributed by atoms with Crippen LogP contribution in [0, 0.1) is 5.82 Å². The Morgan fingerprint density at radius 3 is 1.96 bits per heavy atom. The third-order valence-corrected chi connectivity index (χ3v) is 4.04. The average molecular weight is 368 g/mol. The molecule has 0 spiro atoms. The van der Waals surface area contributed by atoms with Crippen molar-refractivity contribution in [3.05, 3.63) is 106 Å². The first-order chi connectivity index (χ1) is 11.2. The summed E-state index contributed by atoms with van der Waals surface area (Å²) in [6, 6.07) is 24.7. The van der Waals surface area contributed by atoms with Crippen LogP contribution < -0.4 is 0 Å². The van der Waals surface area contributed by atoms with Crippen LogP contribution in [-0.2, 0) is 0 Å². The molecule has 0 aliphatic heterocycles. The topological polar surface area (TPSA) is 12.4 Å². The molecular formula is C20H15BrFN. The van der Waals surface area contributed by atoms with Crippen molar-refractivity contribution in [2.45, 2.75) is 6.04 Å². The van der Waals surface area contributed by atoms with Crippen LogP contribution >= 0.6 is 15.9 Å². The molecule has 114 valence electrons. The lowest BCUT2D eigenvalue weighted by Crippen LogP contribution is -1.99. The molecule has 3 aromatic rings. The first-order valence-corrected chi connectivity index (χ1v) is 8.11. The van der Waals surface area contributed by atoms with E-state index in [1.165, 1.54) is 6.07 Å². The zero-order valence-electron chi connectivity index (χ0n) is 12.4. The Kier molecular flexibility index (Phi) is 4.99. The Bertz CT molecular complexity index is 761. The monoisotopic (exact) mass is 367 g/mol. The van der Waals surface area contributed by atoms with E-state index in [2.05, 4.69) is 20.9 Å². The van der Waals surface area contributed by atoms with E-state index in [1.54, 1.807) is 18.3 Å². The number of benzene rings is 3. The van der Waals surface area contributed by atoms with E-state index >= 15 is 0 Å². The third kappa shape index (κ3) is 3.93. The summed E-state index contributed by atoms with van der Waals surface area (Å²) in [5.41, 5.74) is 2.62. The van der Waals surface area contributed by atoms with Crippen LogP contribution in [0.3, 0.4) is 0 Å². The quantitative estimate of drug-likeness (QED) is 0.517. The Labute approximate surface area is 143 Å². The summed E-state index contributed by atoms with van der Waals surface area (Å²) in [5.74, 6) is -0.281. The molecule has 0 radical (unpaired) electrons. The van der Waals surface area contributed by atoms with E-state index in [-0.39, 0.29) is 11.9 Å². The van der Waals surface area contributed by atoms with Gasteiger partial charge in [-0.25, -0.2) is 4.39 Å². The summed E-state index contributed by atoms with van der Waals surface area (Å²) < 4.78 is 14.7. The Hall–Kier alpha value is -2.26. The van der Waals surface area contributed by atoms with E-state index < -0.39 is 0 Å². The third-order valence-electron chi connectivity index (χ3n) is 3.55. The van der Waals surface area contributed by atoms with E-state index in [0.29, 0.717) is 5.56 Å². The first-order valence-electron chi connectivity index (χ1n) is 7.32. The maximum atomic E-state index is 13.9. The van der Waals surface area contributed by atoms with Gasteiger partial charge in [0.25, 0.3) is 0 Å². The number of aliphatic imine (C=N–C) groups is 1. The highest BCUT2D eigenvalue weighted by molar-refractivity contribution is 9.10. The Morgan fingerprint density at radius 1 is 0.826 bits per heavy atom. The summed E-state index contributed by atoms with van der Waals surface area (Å²) in [5, 5.41) is 0. The van der Waals surface area contributed by atoms with Crippen LogP contribution in [0.4, 0.5) is 4.39 Å². The van der Waals surface area contributed by atoms with Crippen molar-refractivity contribution in [3.63, 3.8) is 0 Å². The van der Waals surface area contributed by atoms with Gasteiger partial charge in [-0.05, 0) is 29.3 Å². The molecule has 0 atom stereocenters. The molecule has 0 saturated heterocycles. The molecule has 0 bridgehead atoms. The predicted octanol–water partition coefficient (Wildman–Crippen LogP) is 5.80. The molecule has 0 fully saturated rings. The van der Waals surface area contributed by atoms with Crippen LogP contribution in [0.15, 0.2) is 88.3 Å². The van der Waals surface area contributed by atoms with Crippen LogP contribution in [0.2, 0.25) is 0 Å². The molecule has 0 N–H and O–H groups in total. The van der Waals surface area contributed by atoms with Crippen molar-refractivity contribution in [1.82, 2.24) is 0 Å². The summed E-state index contributed by atoms with van der Waals surface area (Å²) >= 11 is 3.36. The number of rotatable bonds is 4. The number of nitrogens with zero attached hydrogens (tertiary/aromatic N) is 1. The van der Waals surface area contributed by atoms with Gasteiger partial charge in [0.05, 0.1) is 6.04 Å². The minimum Gasteiger partial charge on any atom is -0.280 e. The lowest BCUT2D eigenvalue weighted by Gasteiger charge is -2.13. The molecule has 0 aromatic heterocycles. The predicted molar refractivity (Wildman–Crippen MR) is 96.4 cm³/mol. The standard InChI is InChI=1S/C20H15BrFN/c21-18-11-12-19(22)17(13-18)14-23-20(15-7-3-1-4-8-15)16-9-5-2-6-10-16/h1-14,20H. The molecular weight excluding hydrogens is 353 g/mol. The van der Waals surface area contributed by atoms with Crippen molar-refractivity contribution in [2.75, 3.05) is 0 Å². The van der Waals surface area contributed by atoms with Crippen molar-refractivity contribution in [3.8, 4) is 0 Å². The van der Waals surface area contributed by atoms with Gasteiger partial charge in [-0.1, -0.05) is 76.6 Å². The van der Waals surface area contributed by atoms with E-state index in [1.807, 2.05) is 60.7 Å². The van der Waals surface area contributed by atoms with Gasteiger partial charge in [0, 0.05) is 16.3 Å². The molecule has 0 saturated carbocycles. The smallest absolute Gasteiger partial charge is 0.132 e. The summed E-state index contributed by atoms with van der Waals surface area (Å²) in [4.78, 5) is 4.65. The van der Waals surface area contributed by atoms with Gasteiger partial charge in [0.2, 0.25) is 0 Å². The lowest BCUT2D eigenvalue weighted by molar-refractivity contribution is 0.625. The van der Waals surface area contributed by atoms with E-state index in [9.17, 15) is 4.39 Å². The number of hydrogen-bond acceptors (Lipinski definition) is 1. The van der Waals surface area contributed by atoms with Crippen LogP contribution in [0.5, 0.6) is 0 Å². The van der Waals surface area contributed by atoms with E-state index in [4.69, 9.17) is 0 Å². The average Bonchev–Trinajstić information content (AvgIpc) is 2.60. The maximum absolute atomic E-state index is 13.9. The molecule has 0 unspecified atom stereocenters. The van der Waals surface area contributed by atoms with Gasteiger partial charge in [-0.3, -0.25) is 4.99 Å². The highest BCUT2D eigenvalue weighted by Crippen LogP contribution is 2.26. The first kappa shape index (κ1) is 15.6. The van der Waals surface area contributed by atoms with Gasteiger partial charge in [0.1, 0.15) is 5.82 Å². The molecule has 3 rings (SSSR count). The van der Waals surface area contributed by atoms with E-state index in [0.717, 1.165) is 15.6 Å². The number of halogens is 2. The fourth-order valence-electron chi connectivity index (χ4n) is 2.40. The molecule has 3 aromatic carbocycles. The molecule has 0 amide bonds. The van der Waals surface area contributed by atoms with Crippen molar-refractivity contribution >= 4 is 22.1 Å². The molecule has 1 nitrogen and oxygen atoms in total. The second-order valence-corrected chi connectivity index (χ2v) is 6.08. The van der Waals surface area contributed by atoms with Gasteiger partial charge < -0.3 is 0 Å². The largest absolute Gasteiger partial charge is 0.280 e. The van der Waals surface area contributed by atoms with Gasteiger partial charge in [-0.15, -0.1) is 0 Å².